The molecule has 1 aromatic rings. The highest BCUT2D eigenvalue weighted by Gasteiger charge is 2.33. The maximum absolute atomic E-state index is 4.40. The van der Waals surface area contributed by atoms with Crippen molar-refractivity contribution in [3.8, 4) is 0 Å². The monoisotopic (exact) mass is 221 g/mol. The van der Waals surface area contributed by atoms with E-state index in [9.17, 15) is 0 Å². The fourth-order valence-electron chi connectivity index (χ4n) is 2.68. The van der Waals surface area contributed by atoms with E-state index in [0.717, 1.165) is 13.0 Å². The second kappa shape index (κ2) is 4.21. The minimum absolute atomic E-state index is 0.381. The van der Waals surface area contributed by atoms with Crippen LogP contribution in [0.15, 0.2) is 6.20 Å². The lowest BCUT2D eigenvalue weighted by molar-refractivity contribution is 0.252. The molecule has 0 radical (unpaired) electrons. The molecule has 1 N–H and O–H groups in total. The Morgan fingerprint density at radius 3 is 3.00 bits per heavy atom. The number of nitrogens with one attached hydrogen (secondary N) is 1. The molecule has 1 heterocycles. The Morgan fingerprint density at radius 1 is 1.56 bits per heavy atom. The van der Waals surface area contributed by atoms with Crippen molar-refractivity contribution in [1.82, 2.24) is 15.1 Å². The standard InChI is InChI=1S/C13H23N3/c1-5-6-14-11-7-13(2,3)8-12-10(11)9-15-16(12)4/h9,11,14H,5-8H2,1-4H3. The molecule has 0 bridgehead atoms. The predicted molar refractivity (Wildman–Crippen MR) is 66.3 cm³/mol. The first-order valence-electron chi connectivity index (χ1n) is 6.27. The van der Waals surface area contributed by atoms with E-state index in [1.54, 1.807) is 0 Å². The molecule has 1 aromatic heterocycles. The smallest absolute Gasteiger partial charge is 0.0540 e. The normalized spacial score (nSPS) is 23.1. The van der Waals surface area contributed by atoms with Crippen LogP contribution in [0.5, 0.6) is 0 Å². The number of hydrogen-bond donors (Lipinski definition) is 1. The SMILES string of the molecule is CCCNC1CC(C)(C)Cc2c1cnn2C. The van der Waals surface area contributed by atoms with Crippen LogP contribution in [0.25, 0.3) is 0 Å². The Labute approximate surface area is 98.2 Å². The highest BCUT2D eigenvalue weighted by Crippen LogP contribution is 2.40. The molecule has 0 fully saturated rings. The van der Waals surface area contributed by atoms with Crippen LogP contribution in [0.1, 0.15) is 50.9 Å². The topological polar surface area (TPSA) is 29.9 Å². The number of rotatable bonds is 3. The highest BCUT2D eigenvalue weighted by molar-refractivity contribution is 5.26. The lowest BCUT2D eigenvalue weighted by atomic mass is 9.74. The van der Waals surface area contributed by atoms with Crippen LogP contribution in [0, 0.1) is 5.41 Å². The van der Waals surface area contributed by atoms with Gasteiger partial charge in [-0.2, -0.15) is 5.10 Å². The number of aryl methyl sites for hydroxylation is 1. The van der Waals surface area contributed by atoms with E-state index in [0.29, 0.717) is 11.5 Å². The molecule has 3 heteroatoms. The molecule has 90 valence electrons. The van der Waals surface area contributed by atoms with Gasteiger partial charge in [0.2, 0.25) is 0 Å². The van der Waals surface area contributed by atoms with Gasteiger partial charge in [-0.15, -0.1) is 0 Å². The Morgan fingerprint density at radius 2 is 2.31 bits per heavy atom. The third-order valence-corrected chi connectivity index (χ3v) is 3.51. The number of aromatic nitrogens is 2. The van der Waals surface area contributed by atoms with Crippen LogP contribution in [-0.4, -0.2) is 16.3 Å². The lowest BCUT2D eigenvalue weighted by Gasteiger charge is -2.35. The van der Waals surface area contributed by atoms with Gasteiger partial charge in [0, 0.05) is 24.3 Å². The van der Waals surface area contributed by atoms with Crippen molar-refractivity contribution in [2.75, 3.05) is 6.54 Å². The molecule has 0 aliphatic heterocycles. The van der Waals surface area contributed by atoms with Gasteiger partial charge in [0.15, 0.2) is 0 Å². The van der Waals surface area contributed by atoms with Gasteiger partial charge in [-0.05, 0) is 31.2 Å². The summed E-state index contributed by atoms with van der Waals surface area (Å²) in [5, 5.41) is 8.04. The third kappa shape index (κ3) is 2.14. The fraction of sp³-hybridized carbons (Fsp3) is 0.769. The van der Waals surface area contributed by atoms with Crippen LogP contribution < -0.4 is 5.32 Å². The zero-order valence-corrected chi connectivity index (χ0v) is 10.9. The third-order valence-electron chi connectivity index (χ3n) is 3.51. The van der Waals surface area contributed by atoms with Crippen LogP contribution in [0.4, 0.5) is 0 Å². The maximum Gasteiger partial charge on any atom is 0.0540 e. The van der Waals surface area contributed by atoms with Gasteiger partial charge in [0.1, 0.15) is 0 Å². The zero-order chi connectivity index (χ0) is 11.8. The van der Waals surface area contributed by atoms with Crippen LogP contribution in [0.2, 0.25) is 0 Å². The summed E-state index contributed by atoms with van der Waals surface area (Å²) in [6.07, 6.45) is 5.58. The molecule has 3 nitrogen and oxygen atoms in total. The molecule has 0 aromatic carbocycles. The van der Waals surface area contributed by atoms with Crippen molar-refractivity contribution in [3.63, 3.8) is 0 Å². The largest absolute Gasteiger partial charge is 0.310 e. The zero-order valence-electron chi connectivity index (χ0n) is 10.9. The van der Waals surface area contributed by atoms with E-state index in [4.69, 9.17) is 0 Å². The van der Waals surface area contributed by atoms with Crippen molar-refractivity contribution >= 4 is 0 Å². The molecule has 16 heavy (non-hydrogen) atoms. The Balaban J connectivity index is 2.26. The summed E-state index contributed by atoms with van der Waals surface area (Å²) < 4.78 is 2.04. The summed E-state index contributed by atoms with van der Waals surface area (Å²) in [5.41, 5.74) is 3.20. The van der Waals surface area contributed by atoms with Gasteiger partial charge < -0.3 is 5.32 Å². The summed E-state index contributed by atoms with van der Waals surface area (Å²) >= 11 is 0. The molecule has 1 aliphatic carbocycles. The summed E-state index contributed by atoms with van der Waals surface area (Å²) in [7, 11) is 2.05. The van der Waals surface area contributed by atoms with Crippen LogP contribution >= 0.6 is 0 Å². The first kappa shape index (κ1) is 11.6. The van der Waals surface area contributed by atoms with Crippen molar-refractivity contribution in [2.24, 2.45) is 12.5 Å². The van der Waals surface area contributed by atoms with E-state index in [-0.39, 0.29) is 0 Å². The van der Waals surface area contributed by atoms with E-state index < -0.39 is 0 Å². The van der Waals surface area contributed by atoms with Gasteiger partial charge in [0.25, 0.3) is 0 Å². The highest BCUT2D eigenvalue weighted by atomic mass is 15.3. The lowest BCUT2D eigenvalue weighted by Crippen LogP contribution is -2.34. The molecular weight excluding hydrogens is 198 g/mol. The van der Waals surface area contributed by atoms with Gasteiger partial charge in [0.05, 0.1) is 6.20 Å². The van der Waals surface area contributed by atoms with Crippen LogP contribution in [-0.2, 0) is 13.5 Å². The molecule has 2 rings (SSSR count). The Bertz CT molecular complexity index is 365. The average molecular weight is 221 g/mol. The summed E-state index contributed by atoms with van der Waals surface area (Å²) in [4.78, 5) is 0. The molecule has 1 aliphatic rings. The predicted octanol–water partition coefficient (Wildman–Crippen LogP) is 2.43. The van der Waals surface area contributed by atoms with Crippen molar-refractivity contribution < 1.29 is 0 Å². The molecular formula is C13H23N3. The first-order chi connectivity index (χ1) is 7.53. The van der Waals surface area contributed by atoms with Gasteiger partial charge in [-0.25, -0.2) is 0 Å². The van der Waals surface area contributed by atoms with Crippen molar-refractivity contribution in [1.29, 1.82) is 0 Å². The maximum atomic E-state index is 4.40. The molecule has 0 saturated heterocycles. The second-order valence-electron chi connectivity index (χ2n) is 5.72. The number of hydrogen-bond acceptors (Lipinski definition) is 2. The first-order valence-corrected chi connectivity index (χ1v) is 6.27. The minimum Gasteiger partial charge on any atom is -0.310 e. The van der Waals surface area contributed by atoms with E-state index in [1.165, 1.54) is 24.1 Å². The number of nitrogens with zero attached hydrogens (tertiary/aromatic N) is 2. The summed E-state index contributed by atoms with van der Waals surface area (Å²) in [5.74, 6) is 0. The minimum atomic E-state index is 0.381. The van der Waals surface area contributed by atoms with Crippen molar-refractivity contribution in [2.45, 2.75) is 46.1 Å². The van der Waals surface area contributed by atoms with Crippen molar-refractivity contribution in [3.05, 3.63) is 17.5 Å². The second-order valence-corrected chi connectivity index (χ2v) is 5.72. The molecule has 0 amide bonds. The molecule has 0 spiro atoms. The van der Waals surface area contributed by atoms with Gasteiger partial charge in [-0.1, -0.05) is 20.8 Å². The fourth-order valence-corrected chi connectivity index (χ4v) is 2.68. The van der Waals surface area contributed by atoms with E-state index >= 15 is 0 Å². The summed E-state index contributed by atoms with van der Waals surface area (Å²) in [6.45, 7) is 8.01. The van der Waals surface area contributed by atoms with Crippen LogP contribution in [0.3, 0.4) is 0 Å². The Kier molecular flexibility index (Phi) is 3.06. The van der Waals surface area contributed by atoms with Gasteiger partial charge in [-0.3, -0.25) is 4.68 Å². The summed E-state index contributed by atoms with van der Waals surface area (Å²) in [6, 6.07) is 0.493. The van der Waals surface area contributed by atoms with E-state index in [2.05, 4.69) is 38.2 Å². The van der Waals surface area contributed by atoms with Gasteiger partial charge >= 0.3 is 0 Å². The quantitative estimate of drug-likeness (QED) is 0.849. The van der Waals surface area contributed by atoms with E-state index in [1.807, 2.05) is 10.9 Å². The molecule has 1 atom stereocenters. The molecule has 1 unspecified atom stereocenters. The average Bonchev–Trinajstić information content (AvgIpc) is 2.56. The molecule has 0 saturated carbocycles. The number of fused-ring (bicyclic) bond motifs is 1. The Hall–Kier alpha value is -0.830.